The molecule has 0 atom stereocenters. The van der Waals surface area contributed by atoms with E-state index in [0.29, 0.717) is 22.6 Å². The first-order chi connectivity index (χ1) is 10.8. The molecule has 2 rings (SSSR count). The highest BCUT2D eigenvalue weighted by atomic mass is 16.5. The fraction of sp³-hybridized carbons (Fsp3) is 0.294. The summed E-state index contributed by atoms with van der Waals surface area (Å²) in [5.41, 5.74) is 3.13. The van der Waals surface area contributed by atoms with E-state index in [9.17, 15) is 14.7 Å². The summed E-state index contributed by atoms with van der Waals surface area (Å²) >= 11 is 0. The number of carboxylic acid groups (broad SMARTS) is 2. The molecule has 0 aliphatic carbocycles. The van der Waals surface area contributed by atoms with Crippen LogP contribution in [0.1, 0.15) is 32.9 Å². The second kappa shape index (κ2) is 6.56. The maximum absolute atomic E-state index is 11.4. The Morgan fingerprint density at radius 3 is 2.22 bits per heavy atom. The first-order valence-electron chi connectivity index (χ1n) is 7.12. The van der Waals surface area contributed by atoms with Crippen LogP contribution in [0.25, 0.3) is 0 Å². The average Bonchev–Trinajstić information content (AvgIpc) is 2.70. The predicted molar refractivity (Wildman–Crippen MR) is 84.0 cm³/mol. The molecule has 0 aliphatic rings. The lowest BCUT2D eigenvalue weighted by Gasteiger charge is -2.08. The van der Waals surface area contributed by atoms with Crippen LogP contribution in [0.4, 0.5) is 0 Å². The zero-order valence-corrected chi connectivity index (χ0v) is 13.3. The van der Waals surface area contributed by atoms with Gasteiger partial charge in [0.05, 0.1) is 12.0 Å². The number of aromatic nitrogens is 1. The lowest BCUT2D eigenvalue weighted by Crippen LogP contribution is -2.05. The van der Waals surface area contributed by atoms with Crippen LogP contribution in [0.3, 0.4) is 0 Å². The molecule has 6 nitrogen and oxygen atoms in total. The zero-order chi connectivity index (χ0) is 17.1. The Labute approximate surface area is 133 Å². The van der Waals surface area contributed by atoms with Crippen molar-refractivity contribution in [2.45, 2.75) is 26.9 Å². The van der Waals surface area contributed by atoms with Crippen LogP contribution in [-0.4, -0.2) is 26.7 Å². The SMILES string of the molecule is Cc1c(COc2ccc(CC(=O)O)cc2)c(C(=O)O)c(C)n1C. The van der Waals surface area contributed by atoms with E-state index in [2.05, 4.69) is 0 Å². The number of nitrogens with zero attached hydrogens (tertiary/aromatic N) is 1. The standard InChI is InChI=1S/C17H19NO5/c1-10-14(16(17(21)22)11(2)18(10)3)9-23-13-6-4-12(5-7-13)8-15(19)20/h4-7H,8-9H2,1-3H3,(H,19,20)(H,21,22). The molecular weight excluding hydrogens is 298 g/mol. The van der Waals surface area contributed by atoms with Gasteiger partial charge in [-0.1, -0.05) is 12.1 Å². The van der Waals surface area contributed by atoms with Crippen molar-refractivity contribution in [3.05, 3.63) is 52.3 Å². The molecular formula is C17H19NO5. The van der Waals surface area contributed by atoms with Crippen LogP contribution in [0.5, 0.6) is 5.75 Å². The topological polar surface area (TPSA) is 88.8 Å². The molecule has 1 aromatic carbocycles. The minimum Gasteiger partial charge on any atom is -0.489 e. The maximum atomic E-state index is 11.4. The monoisotopic (exact) mass is 317 g/mol. The van der Waals surface area contributed by atoms with E-state index in [1.165, 1.54) is 0 Å². The highest BCUT2D eigenvalue weighted by Crippen LogP contribution is 2.23. The first kappa shape index (κ1) is 16.6. The summed E-state index contributed by atoms with van der Waals surface area (Å²) in [4.78, 5) is 22.1. The van der Waals surface area contributed by atoms with Crippen molar-refractivity contribution in [2.75, 3.05) is 0 Å². The van der Waals surface area contributed by atoms with Gasteiger partial charge in [0.15, 0.2) is 0 Å². The molecule has 0 unspecified atom stereocenters. The summed E-state index contributed by atoms with van der Waals surface area (Å²) < 4.78 is 7.50. The number of rotatable bonds is 6. The lowest BCUT2D eigenvalue weighted by molar-refractivity contribution is -0.136. The minimum atomic E-state index is -0.971. The van der Waals surface area contributed by atoms with Gasteiger partial charge in [0.25, 0.3) is 0 Å². The summed E-state index contributed by atoms with van der Waals surface area (Å²) in [6.07, 6.45) is -0.0412. The highest BCUT2D eigenvalue weighted by Gasteiger charge is 2.21. The normalized spacial score (nSPS) is 10.6. The van der Waals surface area contributed by atoms with Gasteiger partial charge in [-0.2, -0.15) is 0 Å². The summed E-state index contributed by atoms with van der Waals surface area (Å²) in [6, 6.07) is 6.74. The van der Waals surface area contributed by atoms with Gasteiger partial charge in [0, 0.05) is 24.0 Å². The fourth-order valence-corrected chi connectivity index (χ4v) is 2.52. The molecule has 2 N–H and O–H groups in total. The van der Waals surface area contributed by atoms with Crippen LogP contribution in [0.2, 0.25) is 0 Å². The average molecular weight is 317 g/mol. The lowest BCUT2D eigenvalue weighted by atomic mass is 10.1. The van der Waals surface area contributed by atoms with Crippen LogP contribution in [0, 0.1) is 13.8 Å². The summed E-state index contributed by atoms with van der Waals surface area (Å²) in [6.45, 7) is 3.77. The molecule has 0 bridgehead atoms. The van der Waals surface area contributed by atoms with E-state index in [1.807, 2.05) is 18.5 Å². The molecule has 0 radical (unpaired) electrons. The number of carboxylic acids is 2. The Bertz CT molecular complexity index is 743. The van der Waals surface area contributed by atoms with Gasteiger partial charge >= 0.3 is 11.9 Å². The molecule has 0 amide bonds. The quantitative estimate of drug-likeness (QED) is 0.854. The number of aliphatic carboxylic acids is 1. The summed E-state index contributed by atoms with van der Waals surface area (Å²) in [7, 11) is 1.82. The van der Waals surface area contributed by atoms with Crippen LogP contribution < -0.4 is 4.74 Å². The molecule has 0 saturated carbocycles. The molecule has 1 heterocycles. The number of aromatic carboxylic acids is 1. The van der Waals surface area contributed by atoms with Gasteiger partial charge < -0.3 is 19.5 Å². The van der Waals surface area contributed by atoms with Crippen molar-refractivity contribution in [1.82, 2.24) is 4.57 Å². The summed E-state index contributed by atoms with van der Waals surface area (Å²) in [5.74, 6) is -1.29. The van der Waals surface area contributed by atoms with Gasteiger partial charge in [0.2, 0.25) is 0 Å². The second-order valence-corrected chi connectivity index (χ2v) is 5.39. The maximum Gasteiger partial charge on any atom is 0.337 e. The highest BCUT2D eigenvalue weighted by molar-refractivity contribution is 5.91. The number of ether oxygens (including phenoxy) is 1. The van der Waals surface area contributed by atoms with Crippen molar-refractivity contribution in [2.24, 2.45) is 7.05 Å². The first-order valence-corrected chi connectivity index (χ1v) is 7.12. The minimum absolute atomic E-state index is 0.0412. The molecule has 0 saturated heterocycles. The van der Waals surface area contributed by atoms with Crippen LogP contribution in [0.15, 0.2) is 24.3 Å². The zero-order valence-electron chi connectivity index (χ0n) is 13.3. The van der Waals surface area contributed by atoms with Gasteiger partial charge in [-0.3, -0.25) is 4.79 Å². The number of benzene rings is 1. The third kappa shape index (κ3) is 3.53. The van der Waals surface area contributed by atoms with Crippen LogP contribution >= 0.6 is 0 Å². The molecule has 1 aromatic heterocycles. The molecule has 6 heteroatoms. The van der Waals surface area contributed by atoms with E-state index in [4.69, 9.17) is 9.84 Å². The largest absolute Gasteiger partial charge is 0.489 e. The van der Waals surface area contributed by atoms with Crippen molar-refractivity contribution in [3.8, 4) is 5.75 Å². The predicted octanol–water partition coefficient (Wildman–Crippen LogP) is 2.55. The van der Waals surface area contributed by atoms with E-state index >= 15 is 0 Å². The Morgan fingerprint density at radius 1 is 1.09 bits per heavy atom. The molecule has 122 valence electrons. The summed E-state index contributed by atoms with van der Waals surface area (Å²) in [5, 5.41) is 18.1. The molecule has 0 spiro atoms. The van der Waals surface area contributed by atoms with Gasteiger partial charge in [-0.05, 0) is 31.5 Å². The smallest absolute Gasteiger partial charge is 0.337 e. The molecule has 2 aromatic rings. The Hall–Kier alpha value is -2.76. The van der Waals surface area contributed by atoms with E-state index < -0.39 is 11.9 Å². The third-order valence-corrected chi connectivity index (χ3v) is 3.98. The number of hydrogen-bond acceptors (Lipinski definition) is 3. The van der Waals surface area contributed by atoms with Crippen molar-refractivity contribution >= 4 is 11.9 Å². The van der Waals surface area contributed by atoms with E-state index in [1.54, 1.807) is 31.2 Å². The number of carbonyl (C=O) groups is 2. The van der Waals surface area contributed by atoms with E-state index in [0.717, 1.165) is 5.69 Å². The van der Waals surface area contributed by atoms with Crippen molar-refractivity contribution < 1.29 is 24.5 Å². The van der Waals surface area contributed by atoms with Gasteiger partial charge in [0.1, 0.15) is 12.4 Å². The fourth-order valence-electron chi connectivity index (χ4n) is 2.52. The van der Waals surface area contributed by atoms with Gasteiger partial charge in [-0.25, -0.2) is 4.79 Å². The Morgan fingerprint density at radius 2 is 1.70 bits per heavy atom. The van der Waals surface area contributed by atoms with Crippen molar-refractivity contribution in [1.29, 1.82) is 0 Å². The Kier molecular flexibility index (Phi) is 4.74. The molecule has 0 aliphatic heterocycles. The second-order valence-electron chi connectivity index (χ2n) is 5.39. The number of hydrogen-bond donors (Lipinski definition) is 2. The molecule has 23 heavy (non-hydrogen) atoms. The third-order valence-electron chi connectivity index (χ3n) is 3.98. The van der Waals surface area contributed by atoms with Crippen LogP contribution in [-0.2, 0) is 24.9 Å². The van der Waals surface area contributed by atoms with Crippen molar-refractivity contribution in [3.63, 3.8) is 0 Å². The molecule has 0 fully saturated rings. The van der Waals surface area contributed by atoms with E-state index in [-0.39, 0.29) is 18.6 Å². The van der Waals surface area contributed by atoms with Gasteiger partial charge in [-0.15, -0.1) is 0 Å². The Balaban J connectivity index is 2.16.